The van der Waals surface area contributed by atoms with Gasteiger partial charge in [0.05, 0.1) is 5.92 Å². The molecule has 0 amide bonds. The second-order valence-electron chi connectivity index (χ2n) is 6.98. The monoisotopic (exact) mass is 234 g/mol. The van der Waals surface area contributed by atoms with E-state index in [1.165, 1.54) is 19.3 Å². The summed E-state index contributed by atoms with van der Waals surface area (Å²) < 4.78 is 5.72. The number of carbonyl (C=O) groups excluding carboxylic acids is 1. The second-order valence-corrected chi connectivity index (χ2v) is 6.98. The zero-order valence-electron chi connectivity index (χ0n) is 10.8. The predicted octanol–water partition coefficient (Wildman–Crippen LogP) is 2.87. The predicted molar refractivity (Wildman–Crippen MR) is 64.1 cm³/mol. The Balaban J connectivity index is 1.76. The number of rotatable bonds is 0. The van der Waals surface area contributed by atoms with Crippen LogP contribution in [0.5, 0.6) is 0 Å². The van der Waals surface area contributed by atoms with Crippen LogP contribution in [-0.2, 0) is 9.53 Å². The molecule has 17 heavy (non-hydrogen) atoms. The third-order valence-corrected chi connectivity index (χ3v) is 6.52. The summed E-state index contributed by atoms with van der Waals surface area (Å²) in [5, 5.41) is 0. The summed E-state index contributed by atoms with van der Waals surface area (Å²) in [5.41, 5.74) is 0. The van der Waals surface area contributed by atoms with E-state index in [9.17, 15) is 4.79 Å². The van der Waals surface area contributed by atoms with Crippen molar-refractivity contribution in [1.29, 1.82) is 0 Å². The molecule has 0 spiro atoms. The van der Waals surface area contributed by atoms with E-state index in [0.717, 1.165) is 30.1 Å². The summed E-state index contributed by atoms with van der Waals surface area (Å²) in [6, 6.07) is 0. The Labute approximate surface area is 103 Å². The first-order chi connectivity index (χ1) is 8.18. The molecule has 0 unspecified atom stereocenters. The van der Waals surface area contributed by atoms with E-state index in [4.69, 9.17) is 4.74 Å². The first-order valence-electron chi connectivity index (χ1n) is 7.39. The Bertz CT molecular complexity index is 362. The van der Waals surface area contributed by atoms with Gasteiger partial charge in [-0.1, -0.05) is 20.3 Å². The average molecular weight is 234 g/mol. The minimum absolute atomic E-state index is 0.127. The van der Waals surface area contributed by atoms with Crippen molar-refractivity contribution in [2.75, 3.05) is 0 Å². The van der Waals surface area contributed by atoms with Crippen LogP contribution >= 0.6 is 0 Å². The summed E-state index contributed by atoms with van der Waals surface area (Å²) >= 11 is 0. The van der Waals surface area contributed by atoms with Crippen LogP contribution in [0, 0.1) is 41.4 Å². The van der Waals surface area contributed by atoms with Crippen molar-refractivity contribution in [1.82, 2.24) is 0 Å². The Morgan fingerprint density at radius 2 is 1.76 bits per heavy atom. The van der Waals surface area contributed by atoms with Crippen molar-refractivity contribution in [2.24, 2.45) is 41.4 Å². The van der Waals surface area contributed by atoms with Crippen molar-refractivity contribution in [2.45, 2.75) is 45.6 Å². The molecule has 2 nitrogen and oxygen atoms in total. The SMILES string of the molecule is C[C@@H]1[C@@H]2CC[C@@H](C)[C@H]3CC[C@H]4C(=O)O[C@@H]1[C@H]4[C@@H]23. The molecular weight excluding hydrogens is 212 g/mol. The van der Waals surface area contributed by atoms with Gasteiger partial charge in [0.15, 0.2) is 0 Å². The molecule has 0 N–H and O–H groups in total. The average Bonchev–Trinajstić information content (AvgIpc) is 2.79. The molecule has 4 fully saturated rings. The van der Waals surface area contributed by atoms with Gasteiger partial charge in [0, 0.05) is 5.92 Å². The van der Waals surface area contributed by atoms with Crippen LogP contribution in [0.1, 0.15) is 39.5 Å². The molecule has 0 aromatic heterocycles. The summed E-state index contributed by atoms with van der Waals surface area (Å²) in [5.74, 6) is 5.01. The highest BCUT2D eigenvalue weighted by molar-refractivity contribution is 5.76. The van der Waals surface area contributed by atoms with Crippen LogP contribution in [0.2, 0.25) is 0 Å². The molecule has 4 rings (SSSR count). The minimum atomic E-state index is 0.127. The van der Waals surface area contributed by atoms with E-state index in [1.54, 1.807) is 0 Å². The van der Waals surface area contributed by atoms with Gasteiger partial charge in [-0.3, -0.25) is 4.79 Å². The molecule has 3 saturated carbocycles. The molecule has 94 valence electrons. The van der Waals surface area contributed by atoms with Crippen LogP contribution in [0.3, 0.4) is 0 Å². The lowest BCUT2D eigenvalue weighted by atomic mass is 9.58. The highest BCUT2D eigenvalue weighted by atomic mass is 16.6. The maximum Gasteiger partial charge on any atom is 0.309 e. The van der Waals surface area contributed by atoms with Crippen LogP contribution in [0.15, 0.2) is 0 Å². The summed E-state index contributed by atoms with van der Waals surface area (Å²) in [7, 11) is 0. The van der Waals surface area contributed by atoms with Crippen LogP contribution in [-0.4, -0.2) is 12.1 Å². The minimum Gasteiger partial charge on any atom is -0.462 e. The van der Waals surface area contributed by atoms with E-state index < -0.39 is 0 Å². The van der Waals surface area contributed by atoms with Crippen molar-refractivity contribution in [3.05, 3.63) is 0 Å². The molecule has 1 aliphatic heterocycles. The fourth-order valence-corrected chi connectivity index (χ4v) is 5.78. The Kier molecular flexibility index (Phi) is 2.00. The fourth-order valence-electron chi connectivity index (χ4n) is 5.78. The summed E-state index contributed by atoms with van der Waals surface area (Å²) in [4.78, 5) is 11.9. The van der Waals surface area contributed by atoms with E-state index >= 15 is 0 Å². The van der Waals surface area contributed by atoms with Crippen LogP contribution in [0.25, 0.3) is 0 Å². The van der Waals surface area contributed by atoms with Crippen LogP contribution < -0.4 is 0 Å². The zero-order valence-corrected chi connectivity index (χ0v) is 10.8. The molecule has 0 aromatic carbocycles. The van der Waals surface area contributed by atoms with E-state index in [0.29, 0.717) is 11.8 Å². The molecule has 8 atom stereocenters. The van der Waals surface area contributed by atoms with E-state index in [2.05, 4.69) is 13.8 Å². The first-order valence-corrected chi connectivity index (χ1v) is 7.39. The molecule has 2 heteroatoms. The lowest BCUT2D eigenvalue weighted by Gasteiger charge is -2.45. The van der Waals surface area contributed by atoms with Gasteiger partial charge < -0.3 is 4.74 Å². The number of hydrogen-bond donors (Lipinski definition) is 0. The molecule has 3 aliphatic carbocycles. The lowest BCUT2D eigenvalue weighted by molar-refractivity contribution is -0.147. The number of carbonyl (C=O) groups is 1. The maximum atomic E-state index is 11.9. The topological polar surface area (TPSA) is 26.3 Å². The Hall–Kier alpha value is -0.530. The zero-order chi connectivity index (χ0) is 11.7. The standard InChI is InChI=1S/C15H22O2/c1-7-3-4-10-8(2)14-13-11(15(16)17-14)6-5-9(7)12(10)13/h7-14H,3-6H2,1-2H3/t7-,8-,9-,10+,11-,12-,13-,14+/m1/s1. The van der Waals surface area contributed by atoms with Crippen molar-refractivity contribution in [3.63, 3.8) is 0 Å². The molecular formula is C15H22O2. The van der Waals surface area contributed by atoms with Gasteiger partial charge in [0.1, 0.15) is 6.10 Å². The third-order valence-electron chi connectivity index (χ3n) is 6.52. The van der Waals surface area contributed by atoms with Crippen molar-refractivity contribution >= 4 is 5.97 Å². The normalized spacial score (nSPS) is 60.0. The van der Waals surface area contributed by atoms with E-state index in [1.807, 2.05) is 0 Å². The maximum absolute atomic E-state index is 11.9. The Morgan fingerprint density at radius 1 is 1.00 bits per heavy atom. The quantitative estimate of drug-likeness (QED) is 0.602. The molecule has 0 bridgehead atoms. The molecule has 1 saturated heterocycles. The molecule has 1 heterocycles. The highest BCUT2D eigenvalue weighted by Gasteiger charge is 2.63. The summed E-state index contributed by atoms with van der Waals surface area (Å²) in [6.45, 7) is 4.76. The van der Waals surface area contributed by atoms with Gasteiger partial charge in [-0.2, -0.15) is 0 Å². The number of esters is 1. The molecule has 4 aliphatic rings. The van der Waals surface area contributed by atoms with Crippen LogP contribution in [0.4, 0.5) is 0 Å². The fraction of sp³-hybridized carbons (Fsp3) is 0.933. The Morgan fingerprint density at radius 3 is 2.59 bits per heavy atom. The second kappa shape index (κ2) is 3.27. The third kappa shape index (κ3) is 1.15. The highest BCUT2D eigenvalue weighted by Crippen LogP contribution is 2.62. The lowest BCUT2D eigenvalue weighted by Crippen LogP contribution is -2.41. The van der Waals surface area contributed by atoms with Gasteiger partial charge in [-0.05, 0) is 48.9 Å². The van der Waals surface area contributed by atoms with Crippen molar-refractivity contribution < 1.29 is 9.53 Å². The van der Waals surface area contributed by atoms with Gasteiger partial charge in [-0.15, -0.1) is 0 Å². The van der Waals surface area contributed by atoms with Gasteiger partial charge in [0.2, 0.25) is 0 Å². The molecule has 0 aromatic rings. The largest absolute Gasteiger partial charge is 0.462 e. The van der Waals surface area contributed by atoms with Gasteiger partial charge in [0.25, 0.3) is 0 Å². The summed E-state index contributed by atoms with van der Waals surface area (Å²) in [6.07, 6.45) is 5.42. The number of hydrogen-bond acceptors (Lipinski definition) is 2. The van der Waals surface area contributed by atoms with Gasteiger partial charge >= 0.3 is 5.97 Å². The van der Waals surface area contributed by atoms with E-state index in [-0.39, 0.29) is 18.0 Å². The smallest absolute Gasteiger partial charge is 0.309 e. The number of ether oxygens (including phenoxy) is 1. The first kappa shape index (κ1) is 10.4. The molecule has 0 radical (unpaired) electrons. The van der Waals surface area contributed by atoms with Gasteiger partial charge in [-0.25, -0.2) is 0 Å². The van der Waals surface area contributed by atoms with Crippen molar-refractivity contribution in [3.8, 4) is 0 Å².